The topological polar surface area (TPSA) is 122 Å². The van der Waals surface area contributed by atoms with Crippen molar-refractivity contribution in [1.29, 1.82) is 0 Å². The summed E-state index contributed by atoms with van der Waals surface area (Å²) < 4.78 is 31.6. The third kappa shape index (κ3) is 7.27. The van der Waals surface area contributed by atoms with Crippen LogP contribution in [0.15, 0.2) is 67.3 Å². The minimum atomic E-state index is -3.93. The monoisotopic (exact) mass is 527 g/mol. The molecule has 9 nitrogen and oxygen atoms in total. The number of rotatable bonds is 12. The molecule has 2 N–H and O–H groups in total. The minimum Gasteiger partial charge on any atom is -0.465 e. The van der Waals surface area contributed by atoms with Crippen molar-refractivity contribution in [2.24, 2.45) is 0 Å². The zero-order valence-corrected chi connectivity index (χ0v) is 21.9. The Morgan fingerprint density at radius 1 is 1.14 bits per heavy atom. The van der Waals surface area contributed by atoms with Crippen molar-refractivity contribution < 1.29 is 27.5 Å². The van der Waals surface area contributed by atoms with E-state index in [0.717, 1.165) is 11.1 Å². The van der Waals surface area contributed by atoms with Gasteiger partial charge in [-0.25, -0.2) is 8.42 Å². The van der Waals surface area contributed by atoms with E-state index < -0.39 is 51.7 Å². The molecule has 0 saturated carbocycles. The number of nitrogens with one attached hydrogen (secondary N) is 2. The second-order valence-corrected chi connectivity index (χ2v) is 10.6. The lowest BCUT2D eigenvalue weighted by atomic mass is 10.0. The molecular weight excluding hydrogens is 494 g/mol. The Hall–Kier alpha value is -3.50. The van der Waals surface area contributed by atoms with E-state index in [2.05, 4.69) is 11.9 Å². The second-order valence-electron chi connectivity index (χ2n) is 8.81. The van der Waals surface area contributed by atoms with Crippen molar-refractivity contribution >= 4 is 33.5 Å². The fraction of sp³-hybridized carbons (Fsp3) is 0.370. The van der Waals surface area contributed by atoms with Crippen LogP contribution in [-0.2, 0) is 42.0 Å². The van der Waals surface area contributed by atoms with Gasteiger partial charge in [-0.1, -0.05) is 54.6 Å². The van der Waals surface area contributed by atoms with Gasteiger partial charge in [-0.3, -0.25) is 29.3 Å². The number of benzene rings is 2. The summed E-state index contributed by atoms with van der Waals surface area (Å²) in [4.78, 5) is 40.7. The van der Waals surface area contributed by atoms with E-state index >= 15 is 0 Å². The molecule has 2 aromatic carbocycles. The van der Waals surface area contributed by atoms with Gasteiger partial charge in [-0.15, -0.1) is 6.58 Å². The first-order chi connectivity index (χ1) is 17.7. The first-order valence-electron chi connectivity index (χ1n) is 12.2. The van der Waals surface area contributed by atoms with E-state index in [9.17, 15) is 22.8 Å². The van der Waals surface area contributed by atoms with Gasteiger partial charge in [-0.2, -0.15) is 0 Å². The Balaban J connectivity index is 1.80. The number of ether oxygens (including phenoxy) is 1. The highest BCUT2D eigenvalue weighted by atomic mass is 32.2. The van der Waals surface area contributed by atoms with E-state index in [4.69, 9.17) is 4.74 Å². The molecule has 1 aliphatic rings. The maximum absolute atomic E-state index is 13.7. The molecular formula is C27H33N3O6S. The van der Waals surface area contributed by atoms with Crippen LogP contribution in [0.5, 0.6) is 0 Å². The number of carbonyl (C=O) groups is 3. The van der Waals surface area contributed by atoms with Gasteiger partial charge < -0.3 is 4.74 Å². The number of esters is 1. The SMILES string of the molecule is C=CCS(=O)(=O)NC(=O)C1Cc2ccccc2N1C(=O)C(C)NC(CCc1ccccc1)C(=O)OCC. The standard InChI is InChI=1S/C27H33N3O6S/c1-4-17-37(34,35)29-25(31)24-18-21-13-9-10-14-23(21)30(24)26(32)19(3)28-22(27(33)36-5-2)16-15-20-11-7-6-8-12-20/h4,6-14,19,22,24,28H,1,5,15-18H2,2-3H3,(H,29,31). The first kappa shape index (κ1) is 28.1. The van der Waals surface area contributed by atoms with Gasteiger partial charge in [0.2, 0.25) is 15.9 Å². The van der Waals surface area contributed by atoms with E-state index in [1.54, 1.807) is 38.1 Å². The second kappa shape index (κ2) is 12.6. The fourth-order valence-electron chi connectivity index (χ4n) is 4.34. The molecule has 2 aromatic rings. The van der Waals surface area contributed by atoms with E-state index in [-0.39, 0.29) is 13.0 Å². The Morgan fingerprint density at radius 3 is 2.49 bits per heavy atom. The average Bonchev–Trinajstić information content (AvgIpc) is 3.26. The van der Waals surface area contributed by atoms with Crippen molar-refractivity contribution in [3.63, 3.8) is 0 Å². The van der Waals surface area contributed by atoms with Crippen molar-refractivity contribution in [3.05, 3.63) is 78.4 Å². The van der Waals surface area contributed by atoms with Crippen LogP contribution in [-0.4, -0.2) is 56.7 Å². The molecule has 3 atom stereocenters. The van der Waals surface area contributed by atoms with Gasteiger partial charge in [0.25, 0.3) is 5.91 Å². The summed E-state index contributed by atoms with van der Waals surface area (Å²) in [5.41, 5.74) is 2.32. The summed E-state index contributed by atoms with van der Waals surface area (Å²) in [6.07, 6.45) is 2.34. The summed E-state index contributed by atoms with van der Waals surface area (Å²) in [6, 6.07) is 14.0. The average molecular weight is 528 g/mol. The number of carbonyl (C=O) groups excluding carboxylic acids is 3. The maximum atomic E-state index is 13.7. The third-order valence-electron chi connectivity index (χ3n) is 6.07. The quantitative estimate of drug-likeness (QED) is 0.320. The third-order valence-corrected chi connectivity index (χ3v) is 7.25. The van der Waals surface area contributed by atoms with Gasteiger partial charge in [-0.05, 0) is 43.9 Å². The largest absolute Gasteiger partial charge is 0.465 e. The highest BCUT2D eigenvalue weighted by molar-refractivity contribution is 7.90. The first-order valence-corrected chi connectivity index (χ1v) is 13.8. The Labute approximate surface area is 217 Å². The maximum Gasteiger partial charge on any atom is 0.323 e. The molecule has 3 rings (SSSR count). The molecule has 0 aromatic heterocycles. The van der Waals surface area contributed by atoms with Crippen molar-refractivity contribution in [3.8, 4) is 0 Å². The molecule has 3 unspecified atom stereocenters. The van der Waals surface area contributed by atoms with E-state index in [1.165, 1.54) is 11.0 Å². The van der Waals surface area contributed by atoms with Crippen LogP contribution in [0.4, 0.5) is 5.69 Å². The lowest BCUT2D eigenvalue weighted by Crippen LogP contribution is -2.56. The number of fused-ring (bicyclic) bond motifs is 1. The van der Waals surface area contributed by atoms with E-state index in [1.807, 2.05) is 35.1 Å². The number of sulfonamides is 1. The molecule has 0 aliphatic carbocycles. The molecule has 2 amide bonds. The Morgan fingerprint density at radius 2 is 1.81 bits per heavy atom. The summed E-state index contributed by atoms with van der Waals surface area (Å²) in [5.74, 6) is -2.15. The molecule has 0 bridgehead atoms. The molecule has 0 spiro atoms. The predicted molar refractivity (Wildman–Crippen MR) is 141 cm³/mol. The van der Waals surface area contributed by atoms with Crippen LogP contribution in [0.1, 0.15) is 31.4 Å². The van der Waals surface area contributed by atoms with Crippen molar-refractivity contribution in [2.45, 2.75) is 51.2 Å². The molecule has 0 radical (unpaired) electrons. The number of para-hydroxylation sites is 1. The Bertz CT molecular complexity index is 1230. The van der Waals surface area contributed by atoms with Gasteiger partial charge in [0.05, 0.1) is 18.4 Å². The summed E-state index contributed by atoms with van der Waals surface area (Å²) in [6.45, 7) is 6.92. The van der Waals surface area contributed by atoms with E-state index in [0.29, 0.717) is 18.5 Å². The Kier molecular flexibility index (Phi) is 9.60. The van der Waals surface area contributed by atoms with Gasteiger partial charge in [0.1, 0.15) is 12.1 Å². The molecule has 1 aliphatic heterocycles. The van der Waals surface area contributed by atoms with Crippen LogP contribution >= 0.6 is 0 Å². The summed E-state index contributed by atoms with van der Waals surface area (Å²) in [7, 11) is -3.93. The van der Waals surface area contributed by atoms with Crippen molar-refractivity contribution in [2.75, 3.05) is 17.3 Å². The molecule has 198 valence electrons. The van der Waals surface area contributed by atoms with Crippen LogP contribution in [0, 0.1) is 0 Å². The number of amides is 2. The normalized spacial score (nSPS) is 16.4. The van der Waals surface area contributed by atoms with Gasteiger partial charge in [0.15, 0.2) is 0 Å². The highest BCUT2D eigenvalue weighted by Gasteiger charge is 2.41. The zero-order chi connectivity index (χ0) is 27.0. The van der Waals surface area contributed by atoms with Crippen LogP contribution in [0.2, 0.25) is 0 Å². The zero-order valence-electron chi connectivity index (χ0n) is 21.1. The molecule has 1 heterocycles. The number of anilines is 1. The summed E-state index contributed by atoms with van der Waals surface area (Å²) in [5, 5.41) is 3.08. The number of hydrogen-bond acceptors (Lipinski definition) is 7. The molecule has 0 saturated heterocycles. The van der Waals surface area contributed by atoms with Crippen LogP contribution in [0.3, 0.4) is 0 Å². The predicted octanol–water partition coefficient (Wildman–Crippen LogP) is 2.12. The number of nitrogens with zero attached hydrogens (tertiary/aromatic N) is 1. The number of aryl methyl sites for hydroxylation is 1. The minimum absolute atomic E-state index is 0.166. The van der Waals surface area contributed by atoms with Gasteiger partial charge in [0, 0.05) is 12.1 Å². The highest BCUT2D eigenvalue weighted by Crippen LogP contribution is 2.33. The lowest BCUT2D eigenvalue weighted by molar-refractivity contribution is -0.146. The van der Waals surface area contributed by atoms with Crippen LogP contribution in [0.25, 0.3) is 0 Å². The fourth-order valence-corrected chi connectivity index (χ4v) is 5.17. The molecule has 0 fully saturated rings. The van der Waals surface area contributed by atoms with Crippen molar-refractivity contribution in [1.82, 2.24) is 10.0 Å². The summed E-state index contributed by atoms with van der Waals surface area (Å²) >= 11 is 0. The molecule has 37 heavy (non-hydrogen) atoms. The number of hydrogen-bond donors (Lipinski definition) is 2. The van der Waals surface area contributed by atoms with Crippen LogP contribution < -0.4 is 14.9 Å². The van der Waals surface area contributed by atoms with Gasteiger partial charge >= 0.3 is 5.97 Å². The molecule has 10 heteroatoms. The lowest BCUT2D eigenvalue weighted by Gasteiger charge is -2.29. The smallest absolute Gasteiger partial charge is 0.323 e.